The minimum atomic E-state index is -0.758. The Morgan fingerprint density at radius 3 is 2.56 bits per heavy atom. The Labute approximate surface area is 154 Å². The number of carbonyl (C=O) groups excluding carboxylic acids is 1. The third-order valence-electron chi connectivity index (χ3n) is 4.18. The van der Waals surface area contributed by atoms with E-state index in [9.17, 15) is 9.90 Å². The van der Waals surface area contributed by atoms with E-state index in [-0.39, 0.29) is 18.4 Å². The zero-order valence-corrected chi connectivity index (χ0v) is 15.5. The average molecular weight is 362 g/mol. The predicted molar refractivity (Wildman–Crippen MR) is 99.9 cm³/mol. The molecule has 0 aliphatic heterocycles. The summed E-state index contributed by atoms with van der Waals surface area (Å²) >= 11 is 5.89. The van der Waals surface area contributed by atoms with Gasteiger partial charge in [-0.3, -0.25) is 4.79 Å². The van der Waals surface area contributed by atoms with E-state index in [1.807, 2.05) is 49.4 Å². The molecule has 2 aromatic rings. The predicted octanol–water partition coefficient (Wildman–Crippen LogP) is 3.72. The number of methoxy groups -OCH3 is 1. The lowest BCUT2D eigenvalue weighted by Gasteiger charge is -2.24. The van der Waals surface area contributed by atoms with Crippen LogP contribution in [0.1, 0.15) is 24.2 Å². The van der Waals surface area contributed by atoms with Crippen molar-refractivity contribution in [3.8, 4) is 5.75 Å². The Hall–Kier alpha value is -2.04. The number of carbonyl (C=O) groups is 1. The minimum absolute atomic E-state index is 0.00287. The maximum Gasteiger partial charge on any atom is 0.225 e. The average Bonchev–Trinajstić information content (AvgIpc) is 2.62. The van der Waals surface area contributed by atoms with Crippen molar-refractivity contribution < 1.29 is 14.6 Å². The van der Waals surface area contributed by atoms with Gasteiger partial charge in [0.1, 0.15) is 5.75 Å². The summed E-state index contributed by atoms with van der Waals surface area (Å²) in [6.45, 7) is 2.13. The van der Waals surface area contributed by atoms with Crippen LogP contribution in [-0.4, -0.2) is 36.6 Å². The molecule has 0 fully saturated rings. The first-order valence-electron chi connectivity index (χ1n) is 8.22. The van der Waals surface area contributed by atoms with Crippen LogP contribution in [0.25, 0.3) is 0 Å². The first-order valence-corrected chi connectivity index (χ1v) is 8.60. The van der Waals surface area contributed by atoms with Gasteiger partial charge in [0.2, 0.25) is 5.91 Å². The molecule has 1 N–H and O–H groups in total. The number of likely N-dealkylation sites (N-methyl/N-ethyl adjacent to an activating group) is 1. The highest BCUT2D eigenvalue weighted by atomic mass is 35.5. The summed E-state index contributed by atoms with van der Waals surface area (Å²) < 4.78 is 5.17. The highest BCUT2D eigenvalue weighted by Crippen LogP contribution is 2.21. The second-order valence-corrected chi connectivity index (χ2v) is 6.68. The van der Waals surface area contributed by atoms with Gasteiger partial charge in [0, 0.05) is 18.0 Å². The summed E-state index contributed by atoms with van der Waals surface area (Å²) in [5, 5.41) is 11.1. The first kappa shape index (κ1) is 19.3. The molecule has 0 aliphatic carbocycles. The molecule has 134 valence electrons. The summed E-state index contributed by atoms with van der Waals surface area (Å²) in [6, 6.07) is 14.7. The third kappa shape index (κ3) is 5.48. The van der Waals surface area contributed by atoms with E-state index in [2.05, 4.69) is 0 Å². The van der Waals surface area contributed by atoms with Crippen molar-refractivity contribution in [3.05, 3.63) is 64.7 Å². The molecule has 0 aromatic heterocycles. The van der Waals surface area contributed by atoms with Gasteiger partial charge in [-0.2, -0.15) is 0 Å². The second kappa shape index (κ2) is 8.88. The van der Waals surface area contributed by atoms with Crippen molar-refractivity contribution in [1.82, 2.24) is 4.90 Å². The summed E-state index contributed by atoms with van der Waals surface area (Å²) in [7, 11) is 3.30. The number of aliphatic hydroxyl groups excluding tert-OH is 1. The van der Waals surface area contributed by atoms with Crippen molar-refractivity contribution in [2.75, 3.05) is 20.7 Å². The van der Waals surface area contributed by atoms with E-state index < -0.39 is 6.10 Å². The van der Waals surface area contributed by atoms with Crippen molar-refractivity contribution >= 4 is 17.5 Å². The summed E-state index contributed by atoms with van der Waals surface area (Å²) in [6.07, 6.45) is -0.123. The zero-order chi connectivity index (χ0) is 18.4. The van der Waals surface area contributed by atoms with Crippen LogP contribution in [0.5, 0.6) is 5.75 Å². The molecule has 0 radical (unpaired) electrons. The largest absolute Gasteiger partial charge is 0.497 e. The van der Waals surface area contributed by atoms with Crippen LogP contribution in [0.4, 0.5) is 0 Å². The highest BCUT2D eigenvalue weighted by Gasteiger charge is 2.21. The molecule has 2 unspecified atom stereocenters. The van der Waals surface area contributed by atoms with Gasteiger partial charge in [-0.05, 0) is 41.8 Å². The number of amides is 1. The molecule has 0 heterocycles. The summed E-state index contributed by atoms with van der Waals surface area (Å²) in [4.78, 5) is 14.1. The van der Waals surface area contributed by atoms with Crippen molar-refractivity contribution in [2.45, 2.75) is 19.4 Å². The van der Waals surface area contributed by atoms with E-state index in [1.54, 1.807) is 25.1 Å². The topological polar surface area (TPSA) is 49.8 Å². The molecule has 0 bridgehead atoms. The lowest BCUT2D eigenvalue weighted by molar-refractivity contribution is -0.134. The number of halogens is 1. The van der Waals surface area contributed by atoms with E-state index in [0.717, 1.165) is 11.1 Å². The Morgan fingerprint density at radius 1 is 1.24 bits per heavy atom. The smallest absolute Gasteiger partial charge is 0.225 e. The van der Waals surface area contributed by atoms with Gasteiger partial charge in [-0.1, -0.05) is 42.8 Å². The number of rotatable bonds is 7. The molecule has 2 aromatic carbocycles. The van der Waals surface area contributed by atoms with Crippen LogP contribution in [-0.2, 0) is 11.2 Å². The van der Waals surface area contributed by atoms with Crippen LogP contribution in [0, 0.1) is 5.92 Å². The normalized spacial score (nSPS) is 13.2. The van der Waals surface area contributed by atoms with Gasteiger partial charge < -0.3 is 14.7 Å². The van der Waals surface area contributed by atoms with Gasteiger partial charge in [-0.25, -0.2) is 0 Å². The quantitative estimate of drug-likeness (QED) is 0.817. The Balaban J connectivity index is 1.95. The Kier molecular flexibility index (Phi) is 6.85. The number of aliphatic hydroxyl groups is 1. The fourth-order valence-corrected chi connectivity index (χ4v) is 2.87. The molecule has 1 amide bonds. The van der Waals surface area contributed by atoms with Crippen LogP contribution in [0.15, 0.2) is 48.5 Å². The standard InChI is InChI=1S/C20H24ClNO3/c1-14(11-15-7-9-17(21)10-8-15)20(24)22(2)13-19(23)16-5-4-6-18(12-16)25-3/h4-10,12,14,19,23H,11,13H2,1-3H3. The number of nitrogens with zero attached hydrogens (tertiary/aromatic N) is 1. The highest BCUT2D eigenvalue weighted by molar-refractivity contribution is 6.30. The van der Waals surface area contributed by atoms with Gasteiger partial charge in [0.25, 0.3) is 0 Å². The van der Waals surface area contributed by atoms with Crippen molar-refractivity contribution in [3.63, 3.8) is 0 Å². The van der Waals surface area contributed by atoms with Gasteiger partial charge in [-0.15, -0.1) is 0 Å². The fourth-order valence-electron chi connectivity index (χ4n) is 2.74. The summed E-state index contributed by atoms with van der Waals surface area (Å²) in [5.41, 5.74) is 1.79. The lowest BCUT2D eigenvalue weighted by Crippen LogP contribution is -2.35. The van der Waals surface area contributed by atoms with Crippen LogP contribution in [0.3, 0.4) is 0 Å². The molecule has 2 rings (SSSR count). The Morgan fingerprint density at radius 2 is 1.92 bits per heavy atom. The number of ether oxygens (including phenoxy) is 1. The molecule has 5 heteroatoms. The van der Waals surface area contributed by atoms with E-state index in [1.165, 1.54) is 0 Å². The van der Waals surface area contributed by atoms with Crippen LogP contribution in [0.2, 0.25) is 5.02 Å². The third-order valence-corrected chi connectivity index (χ3v) is 4.43. The van der Waals surface area contributed by atoms with E-state index in [4.69, 9.17) is 16.3 Å². The SMILES string of the molecule is COc1cccc(C(O)CN(C)C(=O)C(C)Cc2ccc(Cl)cc2)c1. The molecule has 0 aliphatic rings. The van der Waals surface area contributed by atoms with Gasteiger partial charge >= 0.3 is 0 Å². The molecule has 0 spiro atoms. The molecule has 0 saturated heterocycles. The fraction of sp³-hybridized carbons (Fsp3) is 0.350. The van der Waals surface area contributed by atoms with Gasteiger partial charge in [0.05, 0.1) is 19.8 Å². The maximum atomic E-state index is 12.6. The maximum absolute atomic E-state index is 12.6. The summed E-state index contributed by atoms with van der Waals surface area (Å²) in [5.74, 6) is 0.502. The Bertz CT molecular complexity index is 702. The molecular formula is C20H24ClNO3. The minimum Gasteiger partial charge on any atom is -0.497 e. The molecule has 0 saturated carbocycles. The number of benzene rings is 2. The monoisotopic (exact) mass is 361 g/mol. The number of hydrogen-bond acceptors (Lipinski definition) is 3. The molecule has 25 heavy (non-hydrogen) atoms. The lowest BCUT2D eigenvalue weighted by atomic mass is 9.99. The van der Waals surface area contributed by atoms with E-state index >= 15 is 0 Å². The van der Waals surface area contributed by atoms with Crippen molar-refractivity contribution in [1.29, 1.82) is 0 Å². The number of hydrogen-bond donors (Lipinski definition) is 1. The van der Waals surface area contributed by atoms with E-state index in [0.29, 0.717) is 17.2 Å². The first-order chi connectivity index (χ1) is 11.9. The second-order valence-electron chi connectivity index (χ2n) is 6.24. The molecule has 2 atom stereocenters. The zero-order valence-electron chi connectivity index (χ0n) is 14.8. The van der Waals surface area contributed by atoms with Gasteiger partial charge in [0.15, 0.2) is 0 Å². The molecular weight excluding hydrogens is 338 g/mol. The molecule has 4 nitrogen and oxygen atoms in total. The van der Waals surface area contributed by atoms with Crippen molar-refractivity contribution in [2.24, 2.45) is 5.92 Å². The van der Waals surface area contributed by atoms with Crippen LogP contribution >= 0.6 is 11.6 Å². The van der Waals surface area contributed by atoms with Crippen LogP contribution < -0.4 is 4.74 Å².